The lowest BCUT2D eigenvalue weighted by Gasteiger charge is -2.16. The highest BCUT2D eigenvalue weighted by Gasteiger charge is 2.16. The molecule has 1 aromatic heterocycles. The van der Waals surface area contributed by atoms with Gasteiger partial charge in [-0.1, -0.05) is 41.0 Å². The van der Waals surface area contributed by atoms with E-state index >= 15 is 0 Å². The van der Waals surface area contributed by atoms with Gasteiger partial charge in [0.1, 0.15) is 0 Å². The van der Waals surface area contributed by atoms with Crippen LogP contribution in [-0.4, -0.2) is 16.0 Å². The zero-order valence-electron chi connectivity index (χ0n) is 14.4. The predicted octanol–water partition coefficient (Wildman–Crippen LogP) is 4.81. The molecule has 134 valence electrons. The highest BCUT2D eigenvalue weighted by Crippen LogP contribution is 2.26. The molecule has 0 bridgehead atoms. The molecule has 0 fully saturated rings. The molecule has 0 spiro atoms. The molecule has 26 heavy (non-hydrogen) atoms. The number of rotatable bonds is 6. The van der Waals surface area contributed by atoms with Gasteiger partial charge in [-0.05, 0) is 36.8 Å². The quantitative estimate of drug-likeness (QED) is 0.614. The second kappa shape index (κ2) is 8.38. The number of carbonyl (C=O) groups is 1. The summed E-state index contributed by atoms with van der Waals surface area (Å²) in [6.45, 7) is 3.68. The molecule has 0 aliphatic rings. The van der Waals surface area contributed by atoms with Crippen LogP contribution in [0.5, 0.6) is 0 Å². The van der Waals surface area contributed by atoms with E-state index in [1.807, 2.05) is 55.5 Å². The summed E-state index contributed by atoms with van der Waals surface area (Å²) in [5, 5.41) is 7.55. The molecule has 3 aromatic rings. The smallest absolute Gasteiger partial charge is 0.252 e. The van der Waals surface area contributed by atoms with E-state index in [2.05, 4.69) is 15.5 Å². The number of carbonyl (C=O) groups excluding carboxylic acids is 1. The van der Waals surface area contributed by atoms with E-state index in [4.69, 9.17) is 16.1 Å². The van der Waals surface area contributed by atoms with Crippen LogP contribution in [0, 0.1) is 6.92 Å². The van der Waals surface area contributed by atoms with Crippen molar-refractivity contribution in [2.45, 2.75) is 30.5 Å². The minimum Gasteiger partial charge on any atom is -0.345 e. The molecule has 1 heterocycles. The second-order valence-corrected chi connectivity index (χ2v) is 7.22. The summed E-state index contributed by atoms with van der Waals surface area (Å²) in [5.41, 5.74) is 1.57. The number of nitrogens with zero attached hydrogens (tertiary/aromatic N) is 2. The Hall–Kier alpha value is -2.31. The Balaban J connectivity index is 1.71. The van der Waals surface area contributed by atoms with Gasteiger partial charge in [0.15, 0.2) is 5.82 Å². The molecule has 3 rings (SSSR count). The fourth-order valence-electron chi connectivity index (χ4n) is 2.46. The maximum absolute atomic E-state index is 12.7. The normalized spacial score (nSPS) is 12.0. The van der Waals surface area contributed by atoms with Gasteiger partial charge in [0, 0.05) is 16.8 Å². The van der Waals surface area contributed by atoms with Crippen molar-refractivity contribution in [2.75, 3.05) is 0 Å². The van der Waals surface area contributed by atoms with E-state index in [9.17, 15) is 4.79 Å². The van der Waals surface area contributed by atoms with Gasteiger partial charge in [-0.25, -0.2) is 0 Å². The van der Waals surface area contributed by atoms with Crippen LogP contribution in [-0.2, 0) is 5.75 Å². The predicted molar refractivity (Wildman–Crippen MR) is 102 cm³/mol. The highest BCUT2D eigenvalue weighted by atomic mass is 35.5. The summed E-state index contributed by atoms with van der Waals surface area (Å²) in [7, 11) is 0. The average molecular weight is 388 g/mol. The molecule has 1 atom stereocenters. The van der Waals surface area contributed by atoms with Crippen molar-refractivity contribution in [3.05, 3.63) is 76.4 Å². The molecule has 1 N–H and O–H groups in total. The van der Waals surface area contributed by atoms with Crippen molar-refractivity contribution in [2.24, 2.45) is 0 Å². The highest BCUT2D eigenvalue weighted by molar-refractivity contribution is 7.98. The number of nitrogens with one attached hydrogen (secondary N) is 1. The Morgan fingerprint density at radius 3 is 2.81 bits per heavy atom. The summed E-state index contributed by atoms with van der Waals surface area (Å²) in [5.74, 6) is 1.53. The first-order chi connectivity index (χ1) is 12.5. The summed E-state index contributed by atoms with van der Waals surface area (Å²) >= 11 is 7.53. The number of halogens is 1. The average Bonchev–Trinajstić information content (AvgIpc) is 3.05. The molecule has 0 aliphatic carbocycles. The molecule has 5 nitrogen and oxygen atoms in total. The van der Waals surface area contributed by atoms with Crippen molar-refractivity contribution < 1.29 is 9.32 Å². The zero-order chi connectivity index (χ0) is 18.5. The Labute approximate surface area is 161 Å². The minimum atomic E-state index is -0.154. The lowest BCUT2D eigenvalue weighted by molar-refractivity contribution is 0.0937. The molecular weight excluding hydrogens is 370 g/mol. The van der Waals surface area contributed by atoms with Crippen molar-refractivity contribution in [3.8, 4) is 0 Å². The second-order valence-electron chi connectivity index (χ2n) is 5.76. The summed E-state index contributed by atoms with van der Waals surface area (Å²) < 4.78 is 4.98. The molecule has 0 saturated heterocycles. The van der Waals surface area contributed by atoms with E-state index in [0.29, 0.717) is 28.1 Å². The van der Waals surface area contributed by atoms with E-state index in [-0.39, 0.29) is 11.9 Å². The lowest BCUT2D eigenvalue weighted by Crippen LogP contribution is -2.27. The molecule has 7 heteroatoms. The van der Waals surface area contributed by atoms with Crippen LogP contribution in [0.15, 0.2) is 57.9 Å². The molecule has 0 aliphatic heterocycles. The maximum Gasteiger partial charge on any atom is 0.252 e. The first-order valence-electron chi connectivity index (χ1n) is 8.10. The summed E-state index contributed by atoms with van der Waals surface area (Å²) in [4.78, 5) is 17.8. The number of hydrogen-bond donors (Lipinski definition) is 1. The van der Waals surface area contributed by atoms with Crippen molar-refractivity contribution >= 4 is 29.3 Å². The van der Waals surface area contributed by atoms with Crippen LogP contribution < -0.4 is 5.32 Å². The van der Waals surface area contributed by atoms with Crippen LogP contribution in [0.2, 0.25) is 5.02 Å². The fourth-order valence-corrected chi connectivity index (χ4v) is 3.55. The first-order valence-corrected chi connectivity index (χ1v) is 9.46. The van der Waals surface area contributed by atoms with Gasteiger partial charge in [-0.3, -0.25) is 4.79 Å². The number of benzene rings is 2. The van der Waals surface area contributed by atoms with E-state index in [1.165, 1.54) is 11.8 Å². The molecule has 0 radical (unpaired) electrons. The molecule has 1 amide bonds. The maximum atomic E-state index is 12.7. The van der Waals surface area contributed by atoms with Gasteiger partial charge in [0.05, 0.1) is 17.4 Å². The molecule has 1 unspecified atom stereocenters. The van der Waals surface area contributed by atoms with Crippen LogP contribution in [0.1, 0.15) is 40.6 Å². The number of aromatic nitrogens is 2. The minimum absolute atomic E-state index is 0.134. The monoisotopic (exact) mass is 387 g/mol. The number of thioether (sulfide) groups is 1. The van der Waals surface area contributed by atoms with Gasteiger partial charge in [-0.15, -0.1) is 11.8 Å². The summed E-state index contributed by atoms with van der Waals surface area (Å²) in [6, 6.07) is 14.8. The number of aryl methyl sites for hydroxylation is 1. The molecule has 0 saturated carbocycles. The zero-order valence-corrected chi connectivity index (χ0v) is 16.0. The van der Waals surface area contributed by atoms with Gasteiger partial charge >= 0.3 is 0 Å². The Kier molecular flexibility index (Phi) is 5.96. The van der Waals surface area contributed by atoms with Crippen LogP contribution in [0.25, 0.3) is 0 Å². The first kappa shape index (κ1) is 18.5. The van der Waals surface area contributed by atoms with Gasteiger partial charge in [-0.2, -0.15) is 4.98 Å². The van der Waals surface area contributed by atoms with Crippen LogP contribution in [0.3, 0.4) is 0 Å². The summed E-state index contributed by atoms with van der Waals surface area (Å²) in [6.07, 6.45) is 0. The van der Waals surface area contributed by atoms with Gasteiger partial charge < -0.3 is 9.84 Å². The number of amides is 1. The number of hydrogen-bond acceptors (Lipinski definition) is 5. The Morgan fingerprint density at radius 1 is 1.27 bits per heavy atom. The molecular formula is C19H18ClN3O2S. The van der Waals surface area contributed by atoms with E-state index in [0.717, 1.165) is 10.5 Å². The lowest BCUT2D eigenvalue weighted by atomic mass is 10.1. The largest absolute Gasteiger partial charge is 0.345 e. The standard InChI is InChI=1S/C19H18ClN3O2S/c1-12(14-6-5-7-15(20)10-14)21-19(24)16-8-3-4-9-17(16)26-11-18-22-13(2)25-23-18/h3-10,12H,11H2,1-2H3,(H,21,24). The third kappa shape index (κ3) is 4.65. The van der Waals surface area contributed by atoms with Gasteiger partial charge in [0.25, 0.3) is 5.91 Å². The van der Waals surface area contributed by atoms with Gasteiger partial charge in [0.2, 0.25) is 5.89 Å². The van der Waals surface area contributed by atoms with E-state index in [1.54, 1.807) is 6.92 Å². The topological polar surface area (TPSA) is 68.0 Å². The van der Waals surface area contributed by atoms with E-state index < -0.39 is 0 Å². The van der Waals surface area contributed by atoms with Crippen LogP contribution >= 0.6 is 23.4 Å². The van der Waals surface area contributed by atoms with Crippen LogP contribution in [0.4, 0.5) is 0 Å². The third-order valence-corrected chi connectivity index (χ3v) is 5.06. The van der Waals surface area contributed by atoms with Crippen molar-refractivity contribution in [1.82, 2.24) is 15.5 Å². The SMILES string of the molecule is Cc1nc(CSc2ccccc2C(=O)NC(C)c2cccc(Cl)c2)no1. The van der Waals surface area contributed by atoms with Crippen molar-refractivity contribution in [1.29, 1.82) is 0 Å². The molecule has 2 aromatic carbocycles. The fraction of sp³-hybridized carbons (Fsp3) is 0.211. The van der Waals surface area contributed by atoms with Crippen molar-refractivity contribution in [3.63, 3.8) is 0 Å². The Bertz CT molecular complexity index is 913. The third-order valence-electron chi connectivity index (χ3n) is 3.75. The Morgan fingerprint density at radius 2 is 2.08 bits per heavy atom.